The van der Waals surface area contributed by atoms with Gasteiger partial charge in [0.15, 0.2) is 0 Å². The Morgan fingerprint density at radius 3 is 2.65 bits per heavy atom. The number of hydrogen-bond donors (Lipinski definition) is 0. The highest BCUT2D eigenvalue weighted by molar-refractivity contribution is 5.76. The van der Waals surface area contributed by atoms with E-state index < -0.39 is 0 Å². The molecule has 17 heavy (non-hydrogen) atoms. The summed E-state index contributed by atoms with van der Waals surface area (Å²) in [5.41, 5.74) is 0. The summed E-state index contributed by atoms with van der Waals surface area (Å²) >= 11 is 0. The summed E-state index contributed by atoms with van der Waals surface area (Å²) < 4.78 is 0. The molecule has 0 aromatic heterocycles. The average molecular weight is 238 g/mol. The first-order valence-corrected chi connectivity index (χ1v) is 7.33. The van der Waals surface area contributed by atoms with Crippen LogP contribution < -0.4 is 0 Å². The second-order valence-electron chi connectivity index (χ2n) is 5.48. The van der Waals surface area contributed by atoms with Crippen molar-refractivity contribution in [3.05, 3.63) is 0 Å². The van der Waals surface area contributed by atoms with Crippen LogP contribution in [0.1, 0.15) is 51.9 Å². The molecule has 1 atom stereocenters. The molecule has 1 amide bonds. The van der Waals surface area contributed by atoms with Crippen molar-refractivity contribution in [2.24, 2.45) is 0 Å². The van der Waals surface area contributed by atoms with Crippen LogP contribution in [-0.2, 0) is 4.79 Å². The molecule has 0 radical (unpaired) electrons. The second kappa shape index (κ2) is 6.39. The van der Waals surface area contributed by atoms with E-state index in [2.05, 4.69) is 16.7 Å². The lowest BCUT2D eigenvalue weighted by atomic mass is 10.0. The Kier molecular flexibility index (Phi) is 4.84. The average Bonchev–Trinajstić information content (AvgIpc) is 2.90. The minimum absolute atomic E-state index is 0.385. The number of carbonyl (C=O) groups excluding carboxylic acids is 1. The highest BCUT2D eigenvalue weighted by Gasteiger charge is 2.28. The number of rotatable bonds is 4. The van der Waals surface area contributed by atoms with Crippen molar-refractivity contribution in [1.82, 2.24) is 9.80 Å². The van der Waals surface area contributed by atoms with Crippen LogP contribution in [-0.4, -0.2) is 47.9 Å². The largest absolute Gasteiger partial charge is 0.341 e. The SMILES string of the molecule is CCCCC(=O)N1CCCC(N2CCCC2)C1. The van der Waals surface area contributed by atoms with E-state index >= 15 is 0 Å². The van der Waals surface area contributed by atoms with Gasteiger partial charge in [-0.25, -0.2) is 0 Å². The van der Waals surface area contributed by atoms with Crippen LogP contribution in [0.15, 0.2) is 0 Å². The van der Waals surface area contributed by atoms with Gasteiger partial charge in [0, 0.05) is 25.6 Å². The molecule has 0 saturated carbocycles. The Morgan fingerprint density at radius 2 is 1.94 bits per heavy atom. The maximum Gasteiger partial charge on any atom is 0.222 e. The maximum atomic E-state index is 12.0. The summed E-state index contributed by atoms with van der Waals surface area (Å²) in [5, 5.41) is 0. The lowest BCUT2D eigenvalue weighted by Gasteiger charge is -2.37. The van der Waals surface area contributed by atoms with E-state index in [1.807, 2.05) is 0 Å². The minimum Gasteiger partial charge on any atom is -0.341 e. The second-order valence-corrected chi connectivity index (χ2v) is 5.48. The number of carbonyl (C=O) groups is 1. The molecule has 98 valence electrons. The molecule has 2 saturated heterocycles. The van der Waals surface area contributed by atoms with E-state index in [4.69, 9.17) is 0 Å². The topological polar surface area (TPSA) is 23.6 Å². The molecule has 2 aliphatic rings. The van der Waals surface area contributed by atoms with Gasteiger partial charge < -0.3 is 4.90 Å². The highest BCUT2D eigenvalue weighted by atomic mass is 16.2. The number of likely N-dealkylation sites (tertiary alicyclic amines) is 2. The quantitative estimate of drug-likeness (QED) is 0.750. The van der Waals surface area contributed by atoms with Gasteiger partial charge in [-0.15, -0.1) is 0 Å². The van der Waals surface area contributed by atoms with E-state index in [0.29, 0.717) is 11.9 Å². The fraction of sp³-hybridized carbons (Fsp3) is 0.929. The van der Waals surface area contributed by atoms with Crippen LogP contribution in [0.3, 0.4) is 0 Å². The standard InChI is InChI=1S/C14H26N2O/c1-2-3-8-14(17)16-11-6-7-13(12-16)15-9-4-5-10-15/h13H,2-12H2,1H3. The number of unbranched alkanes of at least 4 members (excludes halogenated alkanes) is 1. The number of piperidine rings is 1. The lowest BCUT2D eigenvalue weighted by molar-refractivity contribution is -0.133. The third-order valence-electron chi connectivity index (χ3n) is 4.15. The number of hydrogen-bond acceptors (Lipinski definition) is 2. The van der Waals surface area contributed by atoms with E-state index in [0.717, 1.165) is 32.4 Å². The van der Waals surface area contributed by atoms with Gasteiger partial charge in [0.1, 0.15) is 0 Å². The van der Waals surface area contributed by atoms with Crippen molar-refractivity contribution < 1.29 is 4.79 Å². The first-order valence-electron chi connectivity index (χ1n) is 7.33. The van der Waals surface area contributed by atoms with Crippen LogP contribution in [0, 0.1) is 0 Å². The van der Waals surface area contributed by atoms with Crippen LogP contribution in [0.5, 0.6) is 0 Å². The highest BCUT2D eigenvalue weighted by Crippen LogP contribution is 2.21. The van der Waals surface area contributed by atoms with Gasteiger partial charge in [-0.1, -0.05) is 13.3 Å². The molecule has 0 aliphatic carbocycles. The van der Waals surface area contributed by atoms with Crippen molar-refractivity contribution in [3.63, 3.8) is 0 Å². The van der Waals surface area contributed by atoms with Gasteiger partial charge in [0.25, 0.3) is 0 Å². The molecule has 2 aliphatic heterocycles. The summed E-state index contributed by atoms with van der Waals surface area (Å²) in [6, 6.07) is 0.650. The Labute approximate surface area is 105 Å². The zero-order chi connectivity index (χ0) is 12.1. The molecule has 2 heterocycles. The van der Waals surface area contributed by atoms with E-state index in [1.165, 1.54) is 38.8 Å². The summed E-state index contributed by atoms with van der Waals surface area (Å²) in [7, 11) is 0. The van der Waals surface area contributed by atoms with Gasteiger partial charge in [-0.2, -0.15) is 0 Å². The first-order chi connectivity index (χ1) is 8.31. The van der Waals surface area contributed by atoms with E-state index in [-0.39, 0.29) is 0 Å². The van der Waals surface area contributed by atoms with Crippen LogP contribution in [0.4, 0.5) is 0 Å². The van der Waals surface area contributed by atoms with E-state index in [9.17, 15) is 4.79 Å². The molecule has 3 heteroatoms. The van der Waals surface area contributed by atoms with Gasteiger partial charge in [-0.3, -0.25) is 9.69 Å². The molecule has 0 bridgehead atoms. The summed E-state index contributed by atoms with van der Waals surface area (Å²) in [6.45, 7) is 6.63. The predicted molar refractivity (Wildman–Crippen MR) is 69.9 cm³/mol. The van der Waals surface area contributed by atoms with Crippen molar-refractivity contribution >= 4 is 5.91 Å². The monoisotopic (exact) mass is 238 g/mol. The summed E-state index contributed by atoms with van der Waals surface area (Å²) in [5.74, 6) is 0.385. The fourth-order valence-corrected chi connectivity index (χ4v) is 3.07. The third kappa shape index (κ3) is 3.44. The normalized spacial score (nSPS) is 26.4. The van der Waals surface area contributed by atoms with Gasteiger partial charge in [0.05, 0.1) is 0 Å². The molecule has 2 rings (SSSR count). The molecule has 0 aromatic rings. The number of amides is 1. The van der Waals surface area contributed by atoms with Crippen molar-refractivity contribution in [3.8, 4) is 0 Å². The minimum atomic E-state index is 0.385. The Bertz CT molecular complexity index is 249. The molecule has 3 nitrogen and oxygen atoms in total. The van der Waals surface area contributed by atoms with Crippen molar-refractivity contribution in [1.29, 1.82) is 0 Å². The van der Waals surface area contributed by atoms with Crippen molar-refractivity contribution in [2.75, 3.05) is 26.2 Å². The zero-order valence-electron chi connectivity index (χ0n) is 11.2. The third-order valence-corrected chi connectivity index (χ3v) is 4.15. The van der Waals surface area contributed by atoms with Crippen LogP contribution >= 0.6 is 0 Å². The number of nitrogens with zero attached hydrogens (tertiary/aromatic N) is 2. The maximum absolute atomic E-state index is 12.0. The predicted octanol–water partition coefficient (Wildman–Crippen LogP) is 2.26. The molecule has 2 fully saturated rings. The Balaban J connectivity index is 1.81. The molecule has 0 N–H and O–H groups in total. The van der Waals surface area contributed by atoms with E-state index in [1.54, 1.807) is 0 Å². The smallest absolute Gasteiger partial charge is 0.222 e. The zero-order valence-corrected chi connectivity index (χ0v) is 11.2. The first kappa shape index (κ1) is 12.9. The fourth-order valence-electron chi connectivity index (χ4n) is 3.07. The molecule has 0 aromatic carbocycles. The molecular formula is C14H26N2O. The molecular weight excluding hydrogens is 212 g/mol. The Morgan fingerprint density at radius 1 is 1.18 bits per heavy atom. The van der Waals surface area contributed by atoms with Crippen molar-refractivity contribution in [2.45, 2.75) is 57.9 Å². The lowest BCUT2D eigenvalue weighted by Crippen LogP contribution is -2.48. The molecule has 0 spiro atoms. The van der Waals surface area contributed by atoms with Gasteiger partial charge >= 0.3 is 0 Å². The van der Waals surface area contributed by atoms with Gasteiger partial charge in [0.2, 0.25) is 5.91 Å². The summed E-state index contributed by atoms with van der Waals surface area (Å²) in [4.78, 5) is 16.7. The Hall–Kier alpha value is -0.570. The molecule has 1 unspecified atom stereocenters. The van der Waals surface area contributed by atoms with Crippen LogP contribution in [0.25, 0.3) is 0 Å². The van der Waals surface area contributed by atoms with Gasteiger partial charge in [-0.05, 0) is 45.2 Å². The van der Waals surface area contributed by atoms with Crippen LogP contribution in [0.2, 0.25) is 0 Å². The summed E-state index contributed by atoms with van der Waals surface area (Å²) in [6.07, 6.45) is 8.10.